The van der Waals surface area contributed by atoms with Crippen LogP contribution in [0.2, 0.25) is 0 Å². The Kier molecular flexibility index (Phi) is 11.3. The van der Waals surface area contributed by atoms with E-state index in [4.69, 9.17) is 0 Å². The molecule has 0 aliphatic carbocycles. The summed E-state index contributed by atoms with van der Waals surface area (Å²) in [7, 11) is 0. The molecule has 0 heterocycles. The molecule has 7 aromatic carbocycles. The van der Waals surface area contributed by atoms with Crippen LogP contribution in [-0.2, 0) is 0 Å². The lowest BCUT2D eigenvalue weighted by molar-refractivity contribution is 0.475. The minimum absolute atomic E-state index is 0.186. The largest absolute Gasteiger partial charge is 0.508 e. The van der Waals surface area contributed by atoms with Crippen LogP contribution in [0.25, 0.3) is 0 Å². The molecule has 6 nitrogen and oxygen atoms in total. The van der Waals surface area contributed by atoms with Crippen molar-refractivity contribution in [1.82, 2.24) is 0 Å². The summed E-state index contributed by atoms with van der Waals surface area (Å²) < 4.78 is 0. The Morgan fingerprint density at radius 3 is 0.796 bits per heavy atom. The number of aromatic hydroxyl groups is 3. The first-order valence-electron chi connectivity index (χ1n) is 17.2. The Morgan fingerprint density at radius 2 is 0.556 bits per heavy atom. The predicted octanol–water partition coefficient (Wildman–Crippen LogP) is 13.4. The number of nitrogens with zero attached hydrogens (tertiary/aromatic N) is 3. The summed E-state index contributed by atoms with van der Waals surface area (Å²) in [5.41, 5.74) is 8.11. The highest BCUT2D eigenvalue weighted by atomic mass is 32.2. The standard InChI is InChI=1S/C45H39N3O3S3/c1-52-43-10-4-7-34(28-43)46(31-13-19-40(49)20-14-31)37-25-38(47(32-15-21-41(50)22-16-32)35-8-5-11-44(29-35)53-2)27-39(26-37)48(33-17-23-42(51)24-18-33)36-9-6-12-45(30-36)54-3/h4-30,49-51H,1-3H3. The van der Waals surface area contributed by atoms with E-state index in [-0.39, 0.29) is 17.2 Å². The fourth-order valence-electron chi connectivity index (χ4n) is 6.36. The van der Waals surface area contributed by atoms with Gasteiger partial charge in [0.05, 0.1) is 17.1 Å². The summed E-state index contributed by atoms with van der Waals surface area (Å²) in [6, 6.07) is 53.6. The highest BCUT2D eigenvalue weighted by molar-refractivity contribution is 7.99. The summed E-state index contributed by atoms with van der Waals surface area (Å²) in [6.07, 6.45) is 6.21. The molecule has 0 saturated heterocycles. The molecular weight excluding hydrogens is 727 g/mol. The number of anilines is 9. The summed E-state index contributed by atoms with van der Waals surface area (Å²) in [5, 5.41) is 31.1. The lowest BCUT2D eigenvalue weighted by atomic mass is 10.1. The maximum atomic E-state index is 10.4. The third-order valence-electron chi connectivity index (χ3n) is 8.92. The predicted molar refractivity (Wildman–Crippen MR) is 231 cm³/mol. The van der Waals surface area contributed by atoms with E-state index in [0.717, 1.165) is 65.9 Å². The minimum Gasteiger partial charge on any atom is -0.508 e. The summed E-state index contributed by atoms with van der Waals surface area (Å²) in [4.78, 5) is 9.96. The molecule has 0 radical (unpaired) electrons. The van der Waals surface area contributed by atoms with Crippen molar-refractivity contribution in [2.24, 2.45) is 0 Å². The van der Waals surface area contributed by atoms with Crippen LogP contribution in [0.15, 0.2) is 178 Å². The maximum absolute atomic E-state index is 10.4. The van der Waals surface area contributed by atoms with Gasteiger partial charge in [-0.3, -0.25) is 0 Å². The van der Waals surface area contributed by atoms with E-state index in [1.54, 1.807) is 71.7 Å². The van der Waals surface area contributed by atoms with Gasteiger partial charge < -0.3 is 30.0 Å². The molecular formula is C45H39N3O3S3. The van der Waals surface area contributed by atoms with Crippen LogP contribution in [0.5, 0.6) is 17.2 Å². The van der Waals surface area contributed by atoms with Crippen molar-refractivity contribution in [3.63, 3.8) is 0 Å². The monoisotopic (exact) mass is 765 g/mol. The number of thioether (sulfide) groups is 3. The molecule has 3 N–H and O–H groups in total. The molecule has 0 saturated carbocycles. The van der Waals surface area contributed by atoms with Gasteiger partial charge in [-0.15, -0.1) is 35.3 Å². The molecule has 7 aromatic rings. The molecule has 270 valence electrons. The van der Waals surface area contributed by atoms with Crippen molar-refractivity contribution >= 4 is 86.5 Å². The van der Waals surface area contributed by atoms with E-state index in [1.807, 2.05) is 36.4 Å². The van der Waals surface area contributed by atoms with E-state index >= 15 is 0 Å². The van der Waals surface area contributed by atoms with Crippen LogP contribution in [0, 0.1) is 0 Å². The molecule has 7 rings (SSSR count). The van der Waals surface area contributed by atoms with Gasteiger partial charge in [-0.1, -0.05) is 18.2 Å². The SMILES string of the molecule is CSc1cccc(N(c2ccc(O)cc2)c2cc(N(c3ccc(O)cc3)c3cccc(SC)c3)cc(N(c3ccc(O)cc3)c3cccc(SC)c3)c2)c1. The number of hydrogen-bond acceptors (Lipinski definition) is 9. The zero-order chi connectivity index (χ0) is 37.6. The Balaban J connectivity index is 1.56. The molecule has 0 fully saturated rings. The number of benzene rings is 7. The second-order valence-corrected chi connectivity index (χ2v) is 15.0. The average Bonchev–Trinajstić information content (AvgIpc) is 3.21. The fraction of sp³-hybridized carbons (Fsp3) is 0.0667. The van der Waals surface area contributed by atoms with Crippen LogP contribution in [0.4, 0.5) is 51.2 Å². The third kappa shape index (κ3) is 8.14. The van der Waals surface area contributed by atoms with Gasteiger partial charge in [-0.25, -0.2) is 0 Å². The van der Waals surface area contributed by atoms with Gasteiger partial charge in [0.25, 0.3) is 0 Å². The van der Waals surface area contributed by atoms with E-state index in [9.17, 15) is 15.3 Å². The van der Waals surface area contributed by atoms with Gasteiger partial charge >= 0.3 is 0 Å². The van der Waals surface area contributed by atoms with Crippen LogP contribution in [-0.4, -0.2) is 34.1 Å². The highest BCUT2D eigenvalue weighted by Gasteiger charge is 2.23. The first-order chi connectivity index (χ1) is 26.3. The van der Waals surface area contributed by atoms with Crippen molar-refractivity contribution in [3.8, 4) is 17.2 Å². The zero-order valence-electron chi connectivity index (χ0n) is 30.0. The van der Waals surface area contributed by atoms with Gasteiger partial charge in [-0.2, -0.15) is 0 Å². The van der Waals surface area contributed by atoms with Crippen LogP contribution < -0.4 is 14.7 Å². The summed E-state index contributed by atoms with van der Waals surface area (Å²) >= 11 is 5.04. The smallest absolute Gasteiger partial charge is 0.115 e. The lowest BCUT2D eigenvalue weighted by Gasteiger charge is -2.33. The second kappa shape index (κ2) is 16.6. The molecule has 0 aromatic heterocycles. The fourth-order valence-corrected chi connectivity index (χ4v) is 7.72. The number of hydrogen-bond donors (Lipinski definition) is 3. The Bertz CT molecular complexity index is 2080. The average molecular weight is 766 g/mol. The molecule has 9 heteroatoms. The van der Waals surface area contributed by atoms with E-state index in [2.05, 4.69) is 124 Å². The molecule has 0 aliphatic rings. The molecule has 0 bridgehead atoms. The lowest BCUT2D eigenvalue weighted by Crippen LogP contribution is -2.16. The van der Waals surface area contributed by atoms with Crippen LogP contribution >= 0.6 is 35.3 Å². The van der Waals surface area contributed by atoms with E-state index in [0.29, 0.717) is 0 Å². The van der Waals surface area contributed by atoms with Crippen molar-refractivity contribution < 1.29 is 15.3 Å². The normalized spacial score (nSPS) is 10.9. The van der Waals surface area contributed by atoms with Crippen molar-refractivity contribution in [2.75, 3.05) is 33.5 Å². The van der Waals surface area contributed by atoms with Gasteiger partial charge in [0.15, 0.2) is 0 Å². The van der Waals surface area contributed by atoms with Gasteiger partial charge in [0.2, 0.25) is 0 Å². The third-order valence-corrected chi connectivity index (χ3v) is 11.1. The van der Waals surface area contributed by atoms with Crippen molar-refractivity contribution in [1.29, 1.82) is 0 Å². The highest BCUT2D eigenvalue weighted by Crippen LogP contribution is 2.47. The Morgan fingerprint density at radius 1 is 0.296 bits per heavy atom. The van der Waals surface area contributed by atoms with Gasteiger partial charge in [0, 0.05) is 48.8 Å². The Labute approximate surface area is 329 Å². The molecule has 0 amide bonds. The molecule has 0 aliphatic heterocycles. The van der Waals surface area contributed by atoms with Crippen LogP contribution in [0.3, 0.4) is 0 Å². The topological polar surface area (TPSA) is 70.4 Å². The first-order valence-corrected chi connectivity index (χ1v) is 20.9. The quantitative estimate of drug-likeness (QED) is 0.105. The first kappa shape index (κ1) is 36.7. The van der Waals surface area contributed by atoms with E-state index in [1.165, 1.54) is 0 Å². The Hall–Kier alpha value is -5.61. The van der Waals surface area contributed by atoms with Crippen molar-refractivity contribution in [2.45, 2.75) is 14.7 Å². The summed E-state index contributed by atoms with van der Waals surface area (Å²) in [5.74, 6) is 0.557. The summed E-state index contributed by atoms with van der Waals surface area (Å²) in [6.45, 7) is 0. The minimum atomic E-state index is 0.186. The molecule has 54 heavy (non-hydrogen) atoms. The number of phenolic OH excluding ortho intramolecular Hbond substituents is 3. The number of phenols is 3. The van der Waals surface area contributed by atoms with Gasteiger partial charge in [0.1, 0.15) is 17.2 Å². The van der Waals surface area contributed by atoms with Gasteiger partial charge in [-0.05, 0) is 164 Å². The maximum Gasteiger partial charge on any atom is 0.115 e. The van der Waals surface area contributed by atoms with Crippen molar-refractivity contribution in [3.05, 3.63) is 164 Å². The molecule has 0 atom stereocenters. The van der Waals surface area contributed by atoms with E-state index < -0.39 is 0 Å². The second-order valence-electron chi connectivity index (χ2n) is 12.4. The number of rotatable bonds is 12. The molecule has 0 spiro atoms. The molecule has 0 unspecified atom stereocenters. The zero-order valence-corrected chi connectivity index (χ0v) is 32.4. The van der Waals surface area contributed by atoms with Crippen LogP contribution in [0.1, 0.15) is 0 Å².